The number of hydrogen-bond donors (Lipinski definition) is 1. The maximum atomic E-state index is 10.3. The Balaban J connectivity index is 2.89. The number of aliphatic carboxylic acids is 1. The maximum absolute atomic E-state index is 10.3. The predicted molar refractivity (Wildman–Crippen MR) is 37.7 cm³/mol. The number of carboxylic acid groups (broad SMARTS) is 1. The van der Waals surface area contributed by atoms with Gasteiger partial charge in [0.15, 0.2) is 0 Å². The topological polar surface area (TPSA) is 85.2 Å². The smallest absolute Gasteiger partial charge is 0.309 e. The van der Waals surface area contributed by atoms with E-state index >= 15 is 0 Å². The Bertz CT molecular complexity index is 289. The van der Waals surface area contributed by atoms with Crippen molar-refractivity contribution in [3.8, 4) is 5.88 Å². The molecule has 1 aromatic heterocycles. The van der Waals surface area contributed by atoms with E-state index in [4.69, 9.17) is 9.84 Å². The van der Waals surface area contributed by atoms with Crippen molar-refractivity contribution in [1.82, 2.24) is 15.2 Å². The van der Waals surface area contributed by atoms with Crippen molar-refractivity contribution in [2.75, 3.05) is 7.11 Å². The third-order valence-corrected chi connectivity index (χ3v) is 1.16. The number of rotatable bonds is 3. The van der Waals surface area contributed by atoms with Crippen molar-refractivity contribution >= 4 is 5.97 Å². The summed E-state index contributed by atoms with van der Waals surface area (Å²) in [5, 5.41) is 15.4. The lowest BCUT2D eigenvalue weighted by Crippen LogP contribution is -2.06. The molecule has 0 aliphatic rings. The summed E-state index contributed by atoms with van der Waals surface area (Å²) in [5.41, 5.74) is 0.229. The maximum Gasteiger partial charge on any atom is 0.309 e. The van der Waals surface area contributed by atoms with E-state index < -0.39 is 5.97 Å². The van der Waals surface area contributed by atoms with Crippen LogP contribution >= 0.6 is 0 Å². The van der Waals surface area contributed by atoms with Gasteiger partial charge in [-0.1, -0.05) is 0 Å². The Morgan fingerprint density at radius 1 is 1.75 bits per heavy atom. The molecule has 0 aliphatic heterocycles. The Labute approximate surface area is 68.2 Å². The normalized spacial score (nSPS) is 9.42. The van der Waals surface area contributed by atoms with Crippen LogP contribution in [0.4, 0.5) is 0 Å². The number of carboxylic acids is 1. The molecule has 0 spiro atoms. The molecule has 0 radical (unpaired) electrons. The number of ether oxygens (including phenoxy) is 1. The largest absolute Gasteiger partial charge is 0.481 e. The van der Waals surface area contributed by atoms with Crippen molar-refractivity contribution in [2.24, 2.45) is 0 Å². The number of methoxy groups -OCH3 is 1. The zero-order chi connectivity index (χ0) is 8.97. The van der Waals surface area contributed by atoms with Gasteiger partial charge in [0.1, 0.15) is 12.0 Å². The second-order valence-corrected chi connectivity index (χ2v) is 1.99. The Morgan fingerprint density at radius 2 is 2.50 bits per heavy atom. The van der Waals surface area contributed by atoms with Crippen molar-refractivity contribution in [3.63, 3.8) is 0 Å². The van der Waals surface area contributed by atoms with Crippen LogP contribution in [0.15, 0.2) is 6.33 Å². The Morgan fingerprint density at radius 3 is 3.08 bits per heavy atom. The van der Waals surface area contributed by atoms with E-state index in [0.29, 0.717) is 0 Å². The molecule has 12 heavy (non-hydrogen) atoms. The van der Waals surface area contributed by atoms with Gasteiger partial charge in [0.25, 0.3) is 0 Å². The number of nitrogens with zero attached hydrogens (tertiary/aromatic N) is 3. The molecule has 1 aromatic rings. The highest BCUT2D eigenvalue weighted by atomic mass is 16.5. The van der Waals surface area contributed by atoms with Crippen molar-refractivity contribution in [1.29, 1.82) is 0 Å². The van der Waals surface area contributed by atoms with Crippen LogP contribution in [0.5, 0.6) is 5.88 Å². The summed E-state index contributed by atoms with van der Waals surface area (Å²) in [6, 6.07) is 0. The molecule has 0 saturated heterocycles. The first-order chi connectivity index (χ1) is 5.74. The molecule has 0 atom stereocenters. The van der Waals surface area contributed by atoms with Crippen LogP contribution in [0.1, 0.15) is 5.69 Å². The number of carbonyl (C=O) groups is 1. The number of aromatic nitrogens is 3. The zero-order valence-corrected chi connectivity index (χ0v) is 6.39. The van der Waals surface area contributed by atoms with Gasteiger partial charge in [0, 0.05) is 0 Å². The molecular weight excluding hydrogens is 162 g/mol. The predicted octanol–water partition coefficient (Wildman–Crippen LogP) is -0.493. The summed E-state index contributed by atoms with van der Waals surface area (Å²) < 4.78 is 4.77. The molecule has 1 N–H and O–H groups in total. The highest BCUT2D eigenvalue weighted by molar-refractivity contribution is 5.70. The molecule has 0 saturated carbocycles. The van der Waals surface area contributed by atoms with E-state index in [9.17, 15) is 4.79 Å². The van der Waals surface area contributed by atoms with Gasteiger partial charge in [-0.05, 0) is 0 Å². The summed E-state index contributed by atoms with van der Waals surface area (Å²) >= 11 is 0. The first kappa shape index (κ1) is 8.38. The summed E-state index contributed by atoms with van der Waals surface area (Å²) in [6.07, 6.45) is 0.966. The van der Waals surface area contributed by atoms with Gasteiger partial charge in [-0.3, -0.25) is 4.79 Å². The number of hydrogen-bond acceptors (Lipinski definition) is 5. The van der Waals surface area contributed by atoms with Crippen LogP contribution in [0.2, 0.25) is 0 Å². The fourth-order valence-electron chi connectivity index (χ4n) is 0.716. The molecule has 0 fully saturated rings. The van der Waals surface area contributed by atoms with Gasteiger partial charge >= 0.3 is 5.97 Å². The average molecular weight is 169 g/mol. The molecule has 0 unspecified atom stereocenters. The standard InChI is InChI=1S/C6H7N3O3/c1-12-6-4(2-5(10)11)9-8-3-7-6/h3H,2H2,1H3,(H,10,11). The van der Waals surface area contributed by atoms with Gasteiger partial charge in [0.05, 0.1) is 13.5 Å². The Hall–Kier alpha value is -1.72. The van der Waals surface area contributed by atoms with Crippen LogP contribution in [-0.4, -0.2) is 33.4 Å². The van der Waals surface area contributed by atoms with Crippen molar-refractivity contribution < 1.29 is 14.6 Å². The SMILES string of the molecule is COc1ncnnc1CC(=O)O. The van der Waals surface area contributed by atoms with Crippen LogP contribution in [0.25, 0.3) is 0 Å². The monoisotopic (exact) mass is 169 g/mol. The molecule has 0 bridgehead atoms. The van der Waals surface area contributed by atoms with Gasteiger partial charge in [-0.15, -0.1) is 10.2 Å². The summed E-state index contributed by atoms with van der Waals surface area (Å²) in [6.45, 7) is 0. The fraction of sp³-hybridized carbons (Fsp3) is 0.333. The molecule has 0 aliphatic carbocycles. The van der Waals surface area contributed by atoms with Gasteiger partial charge < -0.3 is 9.84 Å². The fourth-order valence-corrected chi connectivity index (χ4v) is 0.716. The minimum absolute atomic E-state index is 0.201. The van der Waals surface area contributed by atoms with Crippen molar-refractivity contribution in [2.45, 2.75) is 6.42 Å². The van der Waals surface area contributed by atoms with Crippen molar-refractivity contribution in [3.05, 3.63) is 12.0 Å². The highest BCUT2D eigenvalue weighted by Gasteiger charge is 2.09. The van der Waals surface area contributed by atoms with Crippen LogP contribution in [0.3, 0.4) is 0 Å². The van der Waals surface area contributed by atoms with E-state index in [2.05, 4.69) is 15.2 Å². The lowest BCUT2D eigenvalue weighted by Gasteiger charge is -2.00. The van der Waals surface area contributed by atoms with E-state index in [1.807, 2.05) is 0 Å². The molecule has 64 valence electrons. The van der Waals surface area contributed by atoms with Crippen LogP contribution < -0.4 is 4.74 Å². The highest BCUT2D eigenvalue weighted by Crippen LogP contribution is 2.09. The second-order valence-electron chi connectivity index (χ2n) is 1.99. The lowest BCUT2D eigenvalue weighted by molar-refractivity contribution is -0.136. The van der Waals surface area contributed by atoms with E-state index in [0.717, 1.165) is 0 Å². The molecular formula is C6H7N3O3. The average Bonchev–Trinajstić information content (AvgIpc) is 2.04. The molecule has 6 nitrogen and oxygen atoms in total. The van der Waals surface area contributed by atoms with E-state index in [1.165, 1.54) is 13.4 Å². The van der Waals surface area contributed by atoms with Gasteiger partial charge in [-0.2, -0.15) is 4.98 Å². The minimum atomic E-state index is -0.990. The zero-order valence-electron chi connectivity index (χ0n) is 6.39. The lowest BCUT2D eigenvalue weighted by atomic mass is 10.3. The third-order valence-electron chi connectivity index (χ3n) is 1.16. The summed E-state index contributed by atoms with van der Waals surface area (Å²) in [5.74, 6) is -0.789. The van der Waals surface area contributed by atoms with E-state index in [-0.39, 0.29) is 18.0 Å². The first-order valence-electron chi connectivity index (χ1n) is 3.16. The Kier molecular flexibility index (Phi) is 2.52. The minimum Gasteiger partial charge on any atom is -0.481 e. The molecule has 0 aromatic carbocycles. The first-order valence-corrected chi connectivity index (χ1v) is 3.16. The molecule has 0 amide bonds. The summed E-state index contributed by atoms with van der Waals surface area (Å²) in [7, 11) is 1.40. The van der Waals surface area contributed by atoms with Gasteiger partial charge in [0.2, 0.25) is 5.88 Å². The quantitative estimate of drug-likeness (QED) is 0.657. The molecule has 1 heterocycles. The van der Waals surface area contributed by atoms with Crippen LogP contribution in [-0.2, 0) is 11.2 Å². The summed E-state index contributed by atoms with van der Waals surface area (Å²) in [4.78, 5) is 14.0. The molecule has 1 rings (SSSR count). The van der Waals surface area contributed by atoms with Gasteiger partial charge in [-0.25, -0.2) is 0 Å². The molecule has 6 heteroatoms. The van der Waals surface area contributed by atoms with Crippen LogP contribution in [0, 0.1) is 0 Å². The second kappa shape index (κ2) is 3.61. The third kappa shape index (κ3) is 1.88. The van der Waals surface area contributed by atoms with E-state index in [1.54, 1.807) is 0 Å².